The zero-order valence-corrected chi connectivity index (χ0v) is 7.61. The third kappa shape index (κ3) is 2.76. The topological polar surface area (TPSA) is 58.2 Å². The van der Waals surface area contributed by atoms with Gasteiger partial charge in [-0.3, -0.25) is 0 Å². The second kappa shape index (κ2) is 3.08. The predicted molar refractivity (Wildman–Crippen MR) is 43.8 cm³/mol. The van der Waals surface area contributed by atoms with Crippen LogP contribution in [0.25, 0.3) is 0 Å². The average molecular weight is 178 g/mol. The van der Waals surface area contributed by atoms with Gasteiger partial charge in [0.25, 0.3) is 0 Å². The Hall–Kier alpha value is -0.130. The van der Waals surface area contributed by atoms with Gasteiger partial charge in [-0.05, 0) is 19.9 Å². The summed E-state index contributed by atoms with van der Waals surface area (Å²) >= 11 is 0. The van der Waals surface area contributed by atoms with E-state index in [0.717, 1.165) is 13.0 Å². The number of rotatable bonds is 2. The maximum atomic E-state index is 10.8. The Morgan fingerprint density at radius 3 is 2.55 bits per heavy atom. The molecule has 0 saturated carbocycles. The second-order valence-electron chi connectivity index (χ2n) is 3.03. The third-order valence-corrected chi connectivity index (χ3v) is 2.62. The van der Waals surface area contributed by atoms with Crippen LogP contribution in [-0.4, -0.2) is 33.3 Å². The maximum Gasteiger partial charge on any atom is 0.209 e. The summed E-state index contributed by atoms with van der Waals surface area (Å²) in [6, 6.07) is 0.328. The minimum atomic E-state index is -3.03. The molecule has 5 heteroatoms. The lowest BCUT2D eigenvalue weighted by molar-refractivity contribution is 0.521. The molecule has 2 unspecified atom stereocenters. The SMILES string of the molecule is CC1NCCC1NS(C)(=O)=O. The fraction of sp³-hybridized carbons (Fsp3) is 1.00. The first-order valence-corrected chi connectivity index (χ1v) is 5.59. The van der Waals surface area contributed by atoms with E-state index in [9.17, 15) is 8.42 Å². The van der Waals surface area contributed by atoms with Crippen LogP contribution >= 0.6 is 0 Å². The molecule has 1 saturated heterocycles. The minimum absolute atomic E-state index is 0.0741. The third-order valence-electron chi connectivity index (χ3n) is 1.89. The van der Waals surface area contributed by atoms with Crippen LogP contribution in [0.5, 0.6) is 0 Å². The van der Waals surface area contributed by atoms with Crippen molar-refractivity contribution in [2.75, 3.05) is 12.8 Å². The van der Waals surface area contributed by atoms with Crippen molar-refractivity contribution >= 4 is 10.0 Å². The van der Waals surface area contributed by atoms with Gasteiger partial charge < -0.3 is 5.32 Å². The molecule has 0 bridgehead atoms. The summed E-state index contributed by atoms with van der Waals surface area (Å²) < 4.78 is 24.2. The van der Waals surface area contributed by atoms with Gasteiger partial charge >= 0.3 is 0 Å². The number of hydrogen-bond donors (Lipinski definition) is 2. The standard InChI is InChI=1S/C6H14N2O2S/c1-5-6(3-4-7-5)8-11(2,9)10/h5-8H,3-4H2,1-2H3. The largest absolute Gasteiger partial charge is 0.313 e. The van der Waals surface area contributed by atoms with Crippen LogP contribution in [-0.2, 0) is 10.0 Å². The molecule has 0 aromatic rings. The summed E-state index contributed by atoms with van der Waals surface area (Å²) in [5.74, 6) is 0. The Bertz CT molecular complexity index is 225. The van der Waals surface area contributed by atoms with Crippen molar-refractivity contribution in [3.63, 3.8) is 0 Å². The van der Waals surface area contributed by atoms with E-state index in [2.05, 4.69) is 10.0 Å². The normalized spacial score (nSPS) is 32.5. The van der Waals surface area contributed by atoms with E-state index < -0.39 is 10.0 Å². The Kier molecular flexibility index (Phi) is 2.51. The van der Waals surface area contributed by atoms with Crippen molar-refractivity contribution in [1.82, 2.24) is 10.0 Å². The first-order chi connectivity index (χ1) is 4.99. The van der Waals surface area contributed by atoms with Crippen LogP contribution < -0.4 is 10.0 Å². The highest BCUT2D eigenvalue weighted by atomic mass is 32.2. The first kappa shape index (κ1) is 8.96. The molecule has 0 aliphatic carbocycles. The van der Waals surface area contributed by atoms with E-state index in [1.54, 1.807) is 0 Å². The number of hydrogen-bond acceptors (Lipinski definition) is 3. The molecule has 1 aliphatic heterocycles. The van der Waals surface area contributed by atoms with Crippen molar-refractivity contribution < 1.29 is 8.42 Å². The molecule has 0 radical (unpaired) electrons. The molecule has 1 fully saturated rings. The van der Waals surface area contributed by atoms with Crippen LogP contribution in [0.15, 0.2) is 0 Å². The van der Waals surface area contributed by atoms with E-state index in [1.807, 2.05) is 6.92 Å². The van der Waals surface area contributed by atoms with Crippen LogP contribution in [0.1, 0.15) is 13.3 Å². The average Bonchev–Trinajstić information content (AvgIpc) is 2.12. The lowest BCUT2D eigenvalue weighted by Crippen LogP contribution is -2.41. The molecule has 66 valence electrons. The van der Waals surface area contributed by atoms with Gasteiger partial charge in [0.05, 0.1) is 6.26 Å². The summed E-state index contributed by atoms with van der Waals surface area (Å²) in [6.45, 7) is 2.88. The minimum Gasteiger partial charge on any atom is -0.313 e. The molecule has 4 nitrogen and oxygen atoms in total. The van der Waals surface area contributed by atoms with Gasteiger partial charge in [0.2, 0.25) is 10.0 Å². The molecule has 0 spiro atoms. The summed E-state index contributed by atoms with van der Waals surface area (Å²) in [4.78, 5) is 0. The number of nitrogens with one attached hydrogen (secondary N) is 2. The molecular formula is C6H14N2O2S. The van der Waals surface area contributed by atoms with Gasteiger partial charge in [-0.2, -0.15) is 0 Å². The maximum absolute atomic E-state index is 10.8. The van der Waals surface area contributed by atoms with Gasteiger partial charge in [-0.15, -0.1) is 0 Å². The molecule has 1 aliphatic rings. The van der Waals surface area contributed by atoms with E-state index in [4.69, 9.17) is 0 Å². The number of sulfonamides is 1. The molecule has 11 heavy (non-hydrogen) atoms. The van der Waals surface area contributed by atoms with Crippen LogP contribution in [0.2, 0.25) is 0 Å². The molecule has 1 heterocycles. The fourth-order valence-electron chi connectivity index (χ4n) is 1.29. The van der Waals surface area contributed by atoms with Gasteiger partial charge in [0.15, 0.2) is 0 Å². The lowest BCUT2D eigenvalue weighted by atomic mass is 10.2. The Morgan fingerprint density at radius 1 is 1.55 bits per heavy atom. The van der Waals surface area contributed by atoms with Crippen molar-refractivity contribution in [1.29, 1.82) is 0 Å². The molecule has 0 aromatic heterocycles. The summed E-state index contributed by atoms with van der Waals surface area (Å²) in [5, 5.41) is 3.17. The van der Waals surface area contributed by atoms with Gasteiger partial charge in [-0.25, -0.2) is 13.1 Å². The fourth-order valence-corrected chi connectivity index (χ4v) is 2.17. The van der Waals surface area contributed by atoms with Crippen LogP contribution in [0.4, 0.5) is 0 Å². The Morgan fingerprint density at radius 2 is 2.18 bits per heavy atom. The molecule has 0 aromatic carbocycles. The predicted octanol–water partition coefficient (Wildman–Crippen LogP) is -0.714. The summed E-state index contributed by atoms with van der Waals surface area (Å²) in [7, 11) is -3.03. The van der Waals surface area contributed by atoms with Crippen LogP contribution in [0, 0.1) is 0 Å². The van der Waals surface area contributed by atoms with E-state index >= 15 is 0 Å². The molecule has 1 rings (SSSR count). The van der Waals surface area contributed by atoms with E-state index in [1.165, 1.54) is 6.26 Å². The van der Waals surface area contributed by atoms with Crippen molar-refractivity contribution in [2.24, 2.45) is 0 Å². The first-order valence-electron chi connectivity index (χ1n) is 3.70. The monoisotopic (exact) mass is 178 g/mol. The highest BCUT2D eigenvalue weighted by Gasteiger charge is 2.24. The lowest BCUT2D eigenvalue weighted by Gasteiger charge is -2.14. The van der Waals surface area contributed by atoms with Crippen molar-refractivity contribution in [2.45, 2.75) is 25.4 Å². The molecule has 2 atom stereocenters. The van der Waals surface area contributed by atoms with Crippen molar-refractivity contribution in [3.8, 4) is 0 Å². The highest BCUT2D eigenvalue weighted by Crippen LogP contribution is 2.06. The van der Waals surface area contributed by atoms with E-state index in [-0.39, 0.29) is 12.1 Å². The quantitative estimate of drug-likeness (QED) is 0.587. The molecule has 2 N–H and O–H groups in total. The summed E-state index contributed by atoms with van der Waals surface area (Å²) in [6.07, 6.45) is 2.08. The summed E-state index contributed by atoms with van der Waals surface area (Å²) in [5.41, 5.74) is 0. The Labute approximate surface area is 67.4 Å². The van der Waals surface area contributed by atoms with Gasteiger partial charge in [0.1, 0.15) is 0 Å². The van der Waals surface area contributed by atoms with E-state index in [0.29, 0.717) is 0 Å². The molecular weight excluding hydrogens is 164 g/mol. The highest BCUT2D eigenvalue weighted by molar-refractivity contribution is 7.88. The van der Waals surface area contributed by atoms with Crippen LogP contribution in [0.3, 0.4) is 0 Å². The van der Waals surface area contributed by atoms with Gasteiger partial charge in [0, 0.05) is 12.1 Å². The smallest absolute Gasteiger partial charge is 0.209 e. The second-order valence-corrected chi connectivity index (χ2v) is 4.81. The van der Waals surface area contributed by atoms with Crippen molar-refractivity contribution in [3.05, 3.63) is 0 Å². The molecule has 0 amide bonds. The Balaban J connectivity index is 2.50. The van der Waals surface area contributed by atoms with Gasteiger partial charge in [-0.1, -0.05) is 0 Å². The zero-order chi connectivity index (χ0) is 8.48. The zero-order valence-electron chi connectivity index (χ0n) is 6.79.